The lowest BCUT2D eigenvalue weighted by atomic mass is 9.99. The van der Waals surface area contributed by atoms with E-state index in [4.69, 9.17) is 9.15 Å². The Morgan fingerprint density at radius 2 is 1.81 bits per heavy atom. The molecule has 2 aliphatic heterocycles. The van der Waals surface area contributed by atoms with E-state index >= 15 is 0 Å². The third-order valence-corrected chi connectivity index (χ3v) is 7.66. The van der Waals surface area contributed by atoms with E-state index in [0.29, 0.717) is 17.7 Å². The predicted octanol–water partition coefficient (Wildman–Crippen LogP) is 3.82. The van der Waals surface area contributed by atoms with E-state index in [2.05, 4.69) is 0 Å². The van der Waals surface area contributed by atoms with E-state index in [1.807, 2.05) is 0 Å². The van der Waals surface area contributed by atoms with Gasteiger partial charge in [-0.2, -0.15) is 13.2 Å². The molecule has 0 amide bonds. The molecule has 2 aromatic carbocycles. The van der Waals surface area contributed by atoms with Gasteiger partial charge in [-0.15, -0.1) is 0 Å². The molecule has 0 bridgehead atoms. The zero-order chi connectivity index (χ0) is 22.7. The minimum atomic E-state index is -4.89. The standard InChI is InChI=1S/C22H18F3NO5S/c23-22(24,25)21-18(13-4-2-1-3-5-13)19(27)15-6-7-17-16(20(15)31-21)10-26(12-30-17)14-8-9-32(28,29)11-14/h1-7,14H,8-12H2/t14-/m1/s1. The lowest BCUT2D eigenvalue weighted by molar-refractivity contribution is -0.152. The van der Waals surface area contributed by atoms with Crippen LogP contribution in [-0.4, -0.2) is 37.6 Å². The van der Waals surface area contributed by atoms with Gasteiger partial charge in [-0.1, -0.05) is 30.3 Å². The van der Waals surface area contributed by atoms with Crippen LogP contribution in [-0.2, 0) is 22.6 Å². The number of ether oxygens (including phenoxy) is 1. The molecule has 1 aromatic heterocycles. The Hall–Kier alpha value is -2.85. The molecule has 0 radical (unpaired) electrons. The molecule has 2 aliphatic rings. The van der Waals surface area contributed by atoms with Gasteiger partial charge in [0.15, 0.2) is 9.84 Å². The first kappa shape index (κ1) is 21.0. The Morgan fingerprint density at radius 1 is 1.06 bits per heavy atom. The third kappa shape index (κ3) is 3.57. The van der Waals surface area contributed by atoms with Crippen LogP contribution in [0.15, 0.2) is 51.7 Å². The molecule has 0 spiro atoms. The second-order valence-electron chi connectivity index (χ2n) is 8.00. The summed E-state index contributed by atoms with van der Waals surface area (Å²) >= 11 is 0. The maximum absolute atomic E-state index is 13.9. The fourth-order valence-corrected chi connectivity index (χ4v) is 6.11. The molecule has 6 nitrogen and oxygen atoms in total. The summed E-state index contributed by atoms with van der Waals surface area (Å²) in [6.07, 6.45) is -4.47. The van der Waals surface area contributed by atoms with Gasteiger partial charge < -0.3 is 9.15 Å². The second kappa shape index (κ2) is 7.35. The zero-order valence-corrected chi connectivity index (χ0v) is 17.5. The smallest absolute Gasteiger partial charge is 0.450 e. The highest BCUT2D eigenvalue weighted by Gasteiger charge is 2.40. The maximum atomic E-state index is 13.9. The van der Waals surface area contributed by atoms with Crippen molar-refractivity contribution in [3.05, 3.63) is 64.0 Å². The molecule has 10 heteroatoms. The Morgan fingerprint density at radius 3 is 2.47 bits per heavy atom. The normalized spacial score (nSPS) is 20.8. The predicted molar refractivity (Wildman–Crippen MR) is 111 cm³/mol. The highest BCUT2D eigenvalue weighted by atomic mass is 32.2. The highest BCUT2D eigenvalue weighted by molar-refractivity contribution is 7.91. The van der Waals surface area contributed by atoms with E-state index in [0.717, 1.165) is 0 Å². The minimum absolute atomic E-state index is 0.0140. The quantitative estimate of drug-likeness (QED) is 0.573. The van der Waals surface area contributed by atoms with E-state index in [9.17, 15) is 26.4 Å². The molecule has 0 aliphatic carbocycles. The van der Waals surface area contributed by atoms with Gasteiger partial charge in [0.2, 0.25) is 11.2 Å². The summed E-state index contributed by atoms with van der Waals surface area (Å²) in [5, 5.41) is 0.0140. The van der Waals surface area contributed by atoms with Crippen molar-refractivity contribution < 1.29 is 30.7 Å². The molecular formula is C22H18F3NO5S. The number of hydrogen-bond donors (Lipinski definition) is 0. The van der Waals surface area contributed by atoms with Crippen molar-refractivity contribution >= 4 is 20.8 Å². The molecule has 3 aromatic rings. The Kier molecular flexibility index (Phi) is 4.82. The molecule has 168 valence electrons. The molecule has 0 N–H and O–H groups in total. The van der Waals surface area contributed by atoms with Crippen molar-refractivity contribution in [2.24, 2.45) is 0 Å². The number of hydrogen-bond acceptors (Lipinski definition) is 6. The molecule has 0 saturated carbocycles. The molecule has 5 rings (SSSR count). The average molecular weight is 465 g/mol. The van der Waals surface area contributed by atoms with Crippen LogP contribution in [0, 0.1) is 0 Å². The summed E-state index contributed by atoms with van der Waals surface area (Å²) in [5.74, 6) is -1.02. The summed E-state index contributed by atoms with van der Waals surface area (Å²) < 4.78 is 76.6. The van der Waals surface area contributed by atoms with Crippen LogP contribution in [0.2, 0.25) is 0 Å². The summed E-state index contributed by atoms with van der Waals surface area (Å²) in [7, 11) is -3.15. The van der Waals surface area contributed by atoms with Gasteiger partial charge >= 0.3 is 6.18 Å². The highest BCUT2D eigenvalue weighted by Crippen LogP contribution is 2.40. The van der Waals surface area contributed by atoms with Gasteiger partial charge in [0.1, 0.15) is 18.1 Å². The second-order valence-corrected chi connectivity index (χ2v) is 10.2. The van der Waals surface area contributed by atoms with Crippen molar-refractivity contribution in [3.63, 3.8) is 0 Å². The first-order valence-electron chi connectivity index (χ1n) is 9.96. The third-order valence-electron chi connectivity index (χ3n) is 5.91. The number of alkyl halides is 3. The van der Waals surface area contributed by atoms with E-state index in [-0.39, 0.29) is 47.4 Å². The number of fused-ring (bicyclic) bond motifs is 3. The minimum Gasteiger partial charge on any atom is -0.478 e. The van der Waals surface area contributed by atoms with Crippen LogP contribution in [0.25, 0.3) is 22.1 Å². The Balaban J connectivity index is 1.68. The van der Waals surface area contributed by atoms with Crippen LogP contribution in [0.5, 0.6) is 5.75 Å². The van der Waals surface area contributed by atoms with Crippen molar-refractivity contribution in [1.29, 1.82) is 0 Å². The van der Waals surface area contributed by atoms with Crippen LogP contribution in [0.3, 0.4) is 0 Å². The number of rotatable bonds is 2. The van der Waals surface area contributed by atoms with Gasteiger partial charge in [0.25, 0.3) is 0 Å². The topological polar surface area (TPSA) is 76.8 Å². The molecule has 3 heterocycles. The molecule has 32 heavy (non-hydrogen) atoms. The van der Waals surface area contributed by atoms with Crippen LogP contribution < -0.4 is 10.2 Å². The molecule has 1 fully saturated rings. The summed E-state index contributed by atoms with van der Waals surface area (Å²) in [5.41, 5.74) is -1.10. The summed E-state index contributed by atoms with van der Waals surface area (Å²) in [6.45, 7) is 0.231. The van der Waals surface area contributed by atoms with E-state index in [1.54, 1.807) is 29.2 Å². The number of sulfone groups is 1. The molecular weight excluding hydrogens is 447 g/mol. The Bertz CT molecular complexity index is 1370. The zero-order valence-electron chi connectivity index (χ0n) is 16.7. The van der Waals surface area contributed by atoms with Crippen LogP contribution in [0.4, 0.5) is 13.2 Å². The van der Waals surface area contributed by atoms with Crippen LogP contribution >= 0.6 is 0 Å². The SMILES string of the molecule is O=c1c(-c2ccccc2)c(C(F)(F)F)oc2c3c(ccc12)OCN([C@@H]1CCS(=O)(=O)C1)C3. The first-order chi connectivity index (χ1) is 15.1. The van der Waals surface area contributed by atoms with Crippen molar-refractivity contribution in [1.82, 2.24) is 4.90 Å². The van der Waals surface area contributed by atoms with Crippen molar-refractivity contribution in [3.8, 4) is 16.9 Å². The van der Waals surface area contributed by atoms with Gasteiger partial charge in [-0.25, -0.2) is 8.42 Å². The summed E-state index contributed by atoms with van der Waals surface area (Å²) in [4.78, 5) is 15.0. The van der Waals surface area contributed by atoms with Gasteiger partial charge in [-0.3, -0.25) is 9.69 Å². The first-order valence-corrected chi connectivity index (χ1v) is 11.8. The number of nitrogens with zero attached hydrogens (tertiary/aromatic N) is 1. The number of halogens is 3. The van der Waals surface area contributed by atoms with Crippen LogP contribution in [0.1, 0.15) is 17.7 Å². The fourth-order valence-electron chi connectivity index (χ4n) is 4.35. The Labute approximate surface area is 181 Å². The molecule has 1 saturated heterocycles. The van der Waals surface area contributed by atoms with Gasteiger partial charge in [0.05, 0.1) is 28.0 Å². The van der Waals surface area contributed by atoms with E-state index in [1.165, 1.54) is 18.2 Å². The fraction of sp³-hybridized carbons (Fsp3) is 0.318. The van der Waals surface area contributed by atoms with Crippen molar-refractivity contribution in [2.45, 2.75) is 25.2 Å². The van der Waals surface area contributed by atoms with E-state index < -0.39 is 32.8 Å². The summed E-state index contributed by atoms with van der Waals surface area (Å²) in [6, 6.07) is 10.2. The van der Waals surface area contributed by atoms with Gasteiger partial charge in [-0.05, 0) is 24.1 Å². The van der Waals surface area contributed by atoms with Gasteiger partial charge in [0, 0.05) is 12.6 Å². The largest absolute Gasteiger partial charge is 0.478 e. The lowest BCUT2D eigenvalue weighted by Crippen LogP contribution is -2.41. The molecule has 1 atom stereocenters. The van der Waals surface area contributed by atoms with Crippen molar-refractivity contribution in [2.75, 3.05) is 18.2 Å². The number of benzene rings is 2. The molecule has 0 unspecified atom stereocenters. The lowest BCUT2D eigenvalue weighted by Gasteiger charge is -2.33. The average Bonchev–Trinajstić information content (AvgIpc) is 3.12. The maximum Gasteiger partial charge on any atom is 0.450 e. The monoisotopic (exact) mass is 465 g/mol.